The molecule has 13 heavy (non-hydrogen) atoms. The van der Waals surface area contributed by atoms with Gasteiger partial charge in [-0.2, -0.15) is 0 Å². The lowest BCUT2D eigenvalue weighted by Gasteiger charge is -2.09. The summed E-state index contributed by atoms with van der Waals surface area (Å²) in [6.07, 6.45) is -2.77. The summed E-state index contributed by atoms with van der Waals surface area (Å²) < 4.78 is 49.6. The Labute approximate surface area is 80.7 Å². The zero-order chi connectivity index (χ0) is 10.0. The topological polar surface area (TPSA) is 0 Å². The maximum Gasteiger partial charge on any atom is 0.255 e. The fraction of sp³-hybridized carbons (Fsp3) is 0.250. The van der Waals surface area contributed by atoms with Crippen LogP contribution in [0.4, 0.5) is 17.6 Å². The van der Waals surface area contributed by atoms with Gasteiger partial charge < -0.3 is 0 Å². The predicted octanol–water partition coefficient (Wildman–Crippen LogP) is 3.67. The van der Waals surface area contributed by atoms with Crippen molar-refractivity contribution in [3.63, 3.8) is 0 Å². The lowest BCUT2D eigenvalue weighted by atomic mass is 10.1. The molecule has 1 rings (SSSR count). The number of hydrogen-bond donors (Lipinski definition) is 0. The van der Waals surface area contributed by atoms with E-state index in [2.05, 4.69) is 15.9 Å². The summed E-state index contributed by atoms with van der Waals surface area (Å²) in [4.78, 5) is -1.47. The van der Waals surface area contributed by atoms with E-state index in [9.17, 15) is 17.6 Å². The zero-order valence-corrected chi connectivity index (χ0v) is 7.86. The molecule has 0 saturated heterocycles. The Morgan fingerprint density at radius 3 is 2.31 bits per heavy atom. The van der Waals surface area contributed by atoms with Gasteiger partial charge in [-0.3, -0.25) is 0 Å². The second-order valence-electron chi connectivity index (χ2n) is 2.40. The van der Waals surface area contributed by atoms with Gasteiger partial charge in [-0.25, -0.2) is 17.6 Å². The average molecular weight is 257 g/mol. The van der Waals surface area contributed by atoms with E-state index in [1.54, 1.807) is 0 Å². The van der Waals surface area contributed by atoms with Crippen molar-refractivity contribution in [1.82, 2.24) is 0 Å². The van der Waals surface area contributed by atoms with E-state index in [4.69, 9.17) is 0 Å². The number of rotatable bonds is 2. The van der Waals surface area contributed by atoms with Crippen molar-refractivity contribution in [1.29, 1.82) is 0 Å². The summed E-state index contributed by atoms with van der Waals surface area (Å²) in [7, 11) is 0. The molecule has 0 fully saturated rings. The molecule has 0 amide bonds. The van der Waals surface area contributed by atoms with Crippen LogP contribution in [-0.2, 0) is 0 Å². The van der Waals surface area contributed by atoms with Crippen LogP contribution in [0.3, 0.4) is 0 Å². The molecule has 0 aliphatic rings. The van der Waals surface area contributed by atoms with Gasteiger partial charge >= 0.3 is 0 Å². The van der Waals surface area contributed by atoms with Crippen molar-refractivity contribution in [2.75, 3.05) is 0 Å². The first-order valence-corrected chi connectivity index (χ1v) is 4.31. The lowest BCUT2D eigenvalue weighted by molar-refractivity contribution is 0.146. The van der Waals surface area contributed by atoms with E-state index in [1.807, 2.05) is 0 Å². The fourth-order valence-electron chi connectivity index (χ4n) is 0.862. The highest BCUT2D eigenvalue weighted by Gasteiger charge is 2.22. The molecule has 0 aromatic heterocycles. The minimum atomic E-state index is -2.77. The van der Waals surface area contributed by atoms with Crippen LogP contribution < -0.4 is 0 Å². The fourth-order valence-corrected chi connectivity index (χ4v) is 1.21. The molecular formula is C8H5BrF4. The first kappa shape index (κ1) is 10.5. The van der Waals surface area contributed by atoms with Gasteiger partial charge in [-0.15, -0.1) is 0 Å². The third-order valence-electron chi connectivity index (χ3n) is 1.48. The Hall–Kier alpha value is -0.580. The Morgan fingerprint density at radius 2 is 1.77 bits per heavy atom. The minimum absolute atomic E-state index is 0.366. The van der Waals surface area contributed by atoms with Gasteiger partial charge in [0.25, 0.3) is 6.43 Å². The second kappa shape index (κ2) is 4.09. The molecule has 0 radical (unpaired) electrons. The van der Waals surface area contributed by atoms with Crippen LogP contribution in [-0.4, -0.2) is 6.43 Å². The molecule has 0 aliphatic carbocycles. The molecule has 1 unspecified atom stereocenters. The summed E-state index contributed by atoms with van der Waals surface area (Å²) in [5.74, 6) is -1.58. The van der Waals surface area contributed by atoms with Crippen LogP contribution in [0.15, 0.2) is 18.2 Å². The van der Waals surface area contributed by atoms with E-state index >= 15 is 0 Å². The first-order chi connectivity index (χ1) is 6.02. The van der Waals surface area contributed by atoms with Crippen molar-refractivity contribution in [3.8, 4) is 0 Å². The quantitative estimate of drug-likeness (QED) is 0.560. The van der Waals surface area contributed by atoms with Crippen LogP contribution in [0.1, 0.15) is 10.4 Å². The van der Waals surface area contributed by atoms with Gasteiger partial charge in [-0.1, -0.05) is 15.9 Å². The van der Waals surface area contributed by atoms with Gasteiger partial charge in [0, 0.05) is 5.56 Å². The Kier molecular flexibility index (Phi) is 3.30. The molecule has 0 spiro atoms. The van der Waals surface area contributed by atoms with Crippen LogP contribution in [0.5, 0.6) is 0 Å². The summed E-state index contributed by atoms with van der Waals surface area (Å²) in [6.45, 7) is 0. The lowest BCUT2D eigenvalue weighted by Crippen LogP contribution is -2.04. The molecule has 0 heterocycles. The highest BCUT2D eigenvalue weighted by molar-refractivity contribution is 9.09. The summed E-state index contributed by atoms with van der Waals surface area (Å²) >= 11 is 2.58. The van der Waals surface area contributed by atoms with Gasteiger partial charge in [0.2, 0.25) is 0 Å². The number of hydrogen-bond acceptors (Lipinski definition) is 0. The molecule has 72 valence electrons. The molecular weight excluding hydrogens is 252 g/mol. The summed E-state index contributed by atoms with van der Waals surface area (Å²) in [5, 5.41) is 0. The van der Waals surface area contributed by atoms with E-state index in [0.29, 0.717) is 0 Å². The minimum Gasteiger partial charge on any atom is -0.209 e. The maximum atomic E-state index is 12.9. The Morgan fingerprint density at radius 1 is 1.15 bits per heavy atom. The predicted molar refractivity (Wildman–Crippen MR) is 44.0 cm³/mol. The summed E-state index contributed by atoms with van der Waals surface area (Å²) in [5.41, 5.74) is -0.366. The maximum absolute atomic E-state index is 12.9. The van der Waals surface area contributed by atoms with Crippen molar-refractivity contribution in [2.24, 2.45) is 0 Å². The third-order valence-corrected chi connectivity index (χ3v) is 2.37. The highest BCUT2D eigenvalue weighted by Crippen LogP contribution is 2.31. The third kappa shape index (κ3) is 2.43. The number of alkyl halides is 3. The Balaban J connectivity index is 3.05. The Bertz CT molecular complexity index is 300. The van der Waals surface area contributed by atoms with Gasteiger partial charge in [0.05, 0.1) is 0 Å². The van der Waals surface area contributed by atoms with Crippen LogP contribution in [0.25, 0.3) is 0 Å². The van der Waals surface area contributed by atoms with Crippen molar-refractivity contribution >= 4 is 15.9 Å². The first-order valence-electron chi connectivity index (χ1n) is 3.39. The van der Waals surface area contributed by atoms with Crippen LogP contribution >= 0.6 is 15.9 Å². The molecule has 0 saturated carbocycles. The van der Waals surface area contributed by atoms with E-state index < -0.39 is 22.9 Å². The standard InChI is InChI=1S/C8H5BrF4/c9-7(8(12)13)5-3-4(10)1-2-6(5)11/h1-3,7-8H. The van der Waals surface area contributed by atoms with Crippen molar-refractivity contribution < 1.29 is 17.6 Å². The van der Waals surface area contributed by atoms with E-state index in [0.717, 1.165) is 18.2 Å². The molecule has 0 aliphatic heterocycles. The smallest absolute Gasteiger partial charge is 0.209 e. The van der Waals surface area contributed by atoms with Crippen molar-refractivity contribution in [3.05, 3.63) is 35.4 Å². The number of halogens is 5. The number of benzene rings is 1. The normalized spacial score (nSPS) is 13.4. The van der Waals surface area contributed by atoms with Crippen molar-refractivity contribution in [2.45, 2.75) is 11.3 Å². The largest absolute Gasteiger partial charge is 0.255 e. The summed E-state index contributed by atoms with van der Waals surface area (Å²) in [6, 6.07) is 2.45. The van der Waals surface area contributed by atoms with Gasteiger partial charge in [0.15, 0.2) is 0 Å². The molecule has 0 nitrogen and oxygen atoms in total. The van der Waals surface area contributed by atoms with Crippen LogP contribution in [0.2, 0.25) is 0 Å². The second-order valence-corrected chi connectivity index (χ2v) is 3.39. The molecule has 5 heteroatoms. The molecule has 0 N–H and O–H groups in total. The highest BCUT2D eigenvalue weighted by atomic mass is 79.9. The molecule has 1 aromatic rings. The van der Waals surface area contributed by atoms with Gasteiger partial charge in [0.1, 0.15) is 16.5 Å². The van der Waals surface area contributed by atoms with E-state index in [-0.39, 0.29) is 5.56 Å². The molecule has 1 aromatic carbocycles. The molecule has 0 bridgehead atoms. The average Bonchev–Trinajstić information content (AvgIpc) is 2.08. The van der Waals surface area contributed by atoms with E-state index in [1.165, 1.54) is 0 Å². The SMILES string of the molecule is Fc1ccc(F)c(C(Br)C(F)F)c1. The monoisotopic (exact) mass is 256 g/mol. The van der Waals surface area contributed by atoms with Gasteiger partial charge in [-0.05, 0) is 18.2 Å². The zero-order valence-electron chi connectivity index (χ0n) is 6.28. The molecule has 1 atom stereocenters. The van der Waals surface area contributed by atoms with Crippen LogP contribution in [0, 0.1) is 11.6 Å².